The van der Waals surface area contributed by atoms with Crippen LogP contribution in [0.4, 0.5) is 4.79 Å². The van der Waals surface area contributed by atoms with Crippen LogP contribution in [0.1, 0.15) is 13.3 Å². The van der Waals surface area contributed by atoms with Crippen molar-refractivity contribution in [2.75, 3.05) is 33.7 Å². The minimum Gasteiger partial charge on any atom is -0.478 e. The number of amides is 2. The van der Waals surface area contributed by atoms with Crippen LogP contribution in [0.2, 0.25) is 0 Å². The zero-order valence-corrected chi connectivity index (χ0v) is 10.6. The van der Waals surface area contributed by atoms with Gasteiger partial charge in [0.25, 0.3) is 0 Å². The Bertz CT molecular complexity index is 288. The van der Waals surface area contributed by atoms with Crippen LogP contribution in [0.3, 0.4) is 0 Å². The van der Waals surface area contributed by atoms with E-state index in [4.69, 9.17) is 5.11 Å². The van der Waals surface area contributed by atoms with Gasteiger partial charge < -0.3 is 20.6 Å². The van der Waals surface area contributed by atoms with Gasteiger partial charge in [0.15, 0.2) is 0 Å². The largest absolute Gasteiger partial charge is 0.478 e. The predicted octanol–water partition coefficient (Wildman–Crippen LogP) is 0.268. The lowest BCUT2D eigenvalue weighted by Gasteiger charge is -2.11. The SMILES string of the molecule is CCC(=CCNCCNC(=O)N(C)C)C(=O)O. The molecule has 0 saturated heterocycles. The summed E-state index contributed by atoms with van der Waals surface area (Å²) in [4.78, 5) is 23.2. The molecule has 0 radical (unpaired) electrons. The molecule has 0 saturated carbocycles. The van der Waals surface area contributed by atoms with E-state index in [1.165, 1.54) is 4.90 Å². The van der Waals surface area contributed by atoms with E-state index in [1.807, 2.05) is 0 Å². The zero-order valence-electron chi connectivity index (χ0n) is 10.6. The lowest BCUT2D eigenvalue weighted by molar-refractivity contribution is -0.132. The van der Waals surface area contributed by atoms with E-state index in [0.717, 1.165) is 0 Å². The molecule has 6 nitrogen and oxygen atoms in total. The van der Waals surface area contributed by atoms with E-state index in [9.17, 15) is 9.59 Å². The highest BCUT2D eigenvalue weighted by Crippen LogP contribution is 1.98. The molecule has 3 N–H and O–H groups in total. The zero-order chi connectivity index (χ0) is 13.3. The minimum absolute atomic E-state index is 0.137. The number of hydrogen-bond acceptors (Lipinski definition) is 3. The summed E-state index contributed by atoms with van der Waals surface area (Å²) in [6.07, 6.45) is 2.16. The van der Waals surface area contributed by atoms with Crippen LogP contribution < -0.4 is 10.6 Å². The van der Waals surface area contributed by atoms with Crippen molar-refractivity contribution < 1.29 is 14.7 Å². The summed E-state index contributed by atoms with van der Waals surface area (Å²) >= 11 is 0. The summed E-state index contributed by atoms with van der Waals surface area (Å²) in [6, 6.07) is -0.137. The number of carbonyl (C=O) groups is 2. The van der Waals surface area contributed by atoms with Crippen LogP contribution in [0.25, 0.3) is 0 Å². The first-order chi connectivity index (χ1) is 7.99. The maximum Gasteiger partial charge on any atom is 0.331 e. The molecule has 0 rings (SSSR count). The molecule has 0 aliphatic rings. The predicted molar refractivity (Wildman–Crippen MR) is 66.0 cm³/mol. The number of carbonyl (C=O) groups excluding carboxylic acids is 1. The van der Waals surface area contributed by atoms with Gasteiger partial charge in [-0.1, -0.05) is 13.0 Å². The highest BCUT2D eigenvalue weighted by molar-refractivity contribution is 5.86. The number of nitrogens with zero attached hydrogens (tertiary/aromatic N) is 1. The van der Waals surface area contributed by atoms with Crippen LogP contribution in [-0.2, 0) is 4.79 Å². The maximum absolute atomic E-state index is 11.1. The summed E-state index contributed by atoms with van der Waals surface area (Å²) in [5, 5.41) is 14.5. The molecule has 0 aliphatic carbocycles. The monoisotopic (exact) mass is 243 g/mol. The van der Waals surface area contributed by atoms with Gasteiger partial charge in [-0.2, -0.15) is 0 Å². The van der Waals surface area contributed by atoms with E-state index in [-0.39, 0.29) is 6.03 Å². The number of rotatable bonds is 7. The highest BCUT2D eigenvalue weighted by atomic mass is 16.4. The Morgan fingerprint density at radius 2 is 1.94 bits per heavy atom. The van der Waals surface area contributed by atoms with Gasteiger partial charge >= 0.3 is 12.0 Å². The molecule has 6 heteroatoms. The summed E-state index contributed by atoms with van der Waals surface area (Å²) in [6.45, 7) is 3.41. The highest BCUT2D eigenvalue weighted by Gasteiger charge is 2.03. The van der Waals surface area contributed by atoms with E-state index < -0.39 is 5.97 Å². The molecule has 0 atom stereocenters. The standard InChI is InChI=1S/C11H21N3O3/c1-4-9(10(15)16)5-6-12-7-8-13-11(17)14(2)3/h5,12H,4,6-8H2,1-3H3,(H,13,17)(H,15,16). The van der Waals surface area contributed by atoms with Crippen molar-refractivity contribution in [3.63, 3.8) is 0 Å². The van der Waals surface area contributed by atoms with Gasteiger partial charge in [-0.3, -0.25) is 0 Å². The minimum atomic E-state index is -0.879. The van der Waals surface area contributed by atoms with Gasteiger partial charge in [-0.15, -0.1) is 0 Å². The molecule has 0 fully saturated rings. The Morgan fingerprint density at radius 1 is 1.29 bits per heavy atom. The van der Waals surface area contributed by atoms with Gasteiger partial charge in [0.05, 0.1) is 0 Å². The average Bonchev–Trinajstić information content (AvgIpc) is 2.27. The molecule has 98 valence electrons. The van der Waals surface area contributed by atoms with Crippen LogP contribution in [0.15, 0.2) is 11.6 Å². The van der Waals surface area contributed by atoms with Crippen molar-refractivity contribution in [2.45, 2.75) is 13.3 Å². The van der Waals surface area contributed by atoms with Crippen molar-refractivity contribution in [2.24, 2.45) is 0 Å². The first kappa shape index (κ1) is 15.4. The molecule has 0 heterocycles. The Balaban J connectivity index is 3.65. The average molecular weight is 243 g/mol. The second-order valence-corrected chi connectivity index (χ2v) is 3.72. The molecular formula is C11H21N3O3. The molecule has 0 aromatic rings. The van der Waals surface area contributed by atoms with Crippen LogP contribution in [0, 0.1) is 0 Å². The second-order valence-electron chi connectivity index (χ2n) is 3.72. The quantitative estimate of drug-likeness (QED) is 0.443. The van der Waals surface area contributed by atoms with Crippen molar-refractivity contribution in [3.05, 3.63) is 11.6 Å². The Morgan fingerprint density at radius 3 is 2.41 bits per heavy atom. The number of aliphatic carboxylic acids is 1. The number of urea groups is 1. The third kappa shape index (κ3) is 7.35. The summed E-state index contributed by atoms with van der Waals surface area (Å²) in [5.74, 6) is -0.879. The van der Waals surface area contributed by atoms with Gasteiger partial charge in [0.1, 0.15) is 0 Å². The molecule has 0 aliphatic heterocycles. The normalized spacial score (nSPS) is 11.1. The molecule has 0 spiro atoms. The first-order valence-electron chi connectivity index (χ1n) is 5.57. The van der Waals surface area contributed by atoms with E-state index in [1.54, 1.807) is 27.1 Å². The lowest BCUT2D eigenvalue weighted by atomic mass is 10.2. The number of carboxylic acids is 1. The summed E-state index contributed by atoms with van der Waals surface area (Å²) < 4.78 is 0. The second kappa shape index (κ2) is 8.58. The molecule has 17 heavy (non-hydrogen) atoms. The van der Waals surface area contributed by atoms with E-state index in [0.29, 0.717) is 31.6 Å². The number of carboxylic acid groups (broad SMARTS) is 1. The van der Waals surface area contributed by atoms with Crippen molar-refractivity contribution in [1.82, 2.24) is 15.5 Å². The Kier molecular flexibility index (Phi) is 7.79. The molecule has 0 unspecified atom stereocenters. The van der Waals surface area contributed by atoms with Crippen molar-refractivity contribution in [3.8, 4) is 0 Å². The summed E-state index contributed by atoms with van der Waals surface area (Å²) in [5.41, 5.74) is 0.398. The van der Waals surface area contributed by atoms with Crippen LogP contribution >= 0.6 is 0 Å². The van der Waals surface area contributed by atoms with Crippen molar-refractivity contribution in [1.29, 1.82) is 0 Å². The first-order valence-corrected chi connectivity index (χ1v) is 5.57. The third-order valence-corrected chi connectivity index (χ3v) is 2.13. The Hall–Kier alpha value is -1.56. The van der Waals surface area contributed by atoms with Gasteiger partial charge in [-0.25, -0.2) is 9.59 Å². The van der Waals surface area contributed by atoms with Crippen LogP contribution in [-0.4, -0.2) is 55.7 Å². The molecule has 0 aromatic carbocycles. The van der Waals surface area contributed by atoms with E-state index >= 15 is 0 Å². The number of nitrogens with one attached hydrogen (secondary N) is 2. The van der Waals surface area contributed by atoms with Gasteiger partial charge in [-0.05, 0) is 6.42 Å². The third-order valence-electron chi connectivity index (χ3n) is 2.13. The maximum atomic E-state index is 11.1. The fourth-order valence-corrected chi connectivity index (χ4v) is 1.10. The Labute approximate surface area is 102 Å². The van der Waals surface area contributed by atoms with Gasteiger partial charge in [0.2, 0.25) is 0 Å². The van der Waals surface area contributed by atoms with E-state index in [2.05, 4.69) is 10.6 Å². The molecular weight excluding hydrogens is 222 g/mol. The summed E-state index contributed by atoms with van der Waals surface area (Å²) in [7, 11) is 3.35. The molecule has 0 bridgehead atoms. The number of hydrogen-bond donors (Lipinski definition) is 3. The van der Waals surface area contributed by atoms with Crippen LogP contribution in [0.5, 0.6) is 0 Å². The molecule has 2 amide bonds. The fraction of sp³-hybridized carbons (Fsp3) is 0.636. The fourth-order valence-electron chi connectivity index (χ4n) is 1.10. The van der Waals surface area contributed by atoms with Crippen molar-refractivity contribution >= 4 is 12.0 Å². The topological polar surface area (TPSA) is 81.7 Å². The lowest BCUT2D eigenvalue weighted by Crippen LogP contribution is -2.38. The molecule has 0 aromatic heterocycles. The van der Waals surface area contributed by atoms with Gasteiger partial charge in [0, 0.05) is 39.3 Å². The smallest absolute Gasteiger partial charge is 0.331 e.